The van der Waals surface area contributed by atoms with E-state index in [1.165, 1.54) is 26.5 Å². The molecule has 1 nitrogen and oxygen atoms in total. The van der Waals surface area contributed by atoms with E-state index in [4.69, 9.17) is 0 Å². The number of hydrogen-bond donors (Lipinski definition) is 1. The van der Waals surface area contributed by atoms with Gasteiger partial charge in [0.1, 0.15) is 0 Å². The van der Waals surface area contributed by atoms with Gasteiger partial charge in [-0.2, -0.15) is 0 Å². The van der Waals surface area contributed by atoms with Gasteiger partial charge in [0.25, 0.3) is 0 Å². The second-order valence-electron chi connectivity index (χ2n) is 3.31. The van der Waals surface area contributed by atoms with Gasteiger partial charge in [0.05, 0.1) is 0 Å². The molecule has 0 bridgehead atoms. The highest BCUT2D eigenvalue weighted by Crippen LogP contribution is 2.25. The van der Waals surface area contributed by atoms with E-state index < -0.39 is 0 Å². The largest absolute Gasteiger partial charge is 0.361 e. The molecule has 0 saturated heterocycles. The van der Waals surface area contributed by atoms with Gasteiger partial charge in [0.2, 0.25) is 0 Å². The van der Waals surface area contributed by atoms with Gasteiger partial charge in [-0.25, -0.2) is 0 Å². The Morgan fingerprint density at radius 1 is 1.38 bits per heavy atom. The van der Waals surface area contributed by atoms with E-state index in [-0.39, 0.29) is 0 Å². The number of benzene rings is 1. The molecule has 68 valence electrons. The fraction of sp³-hybridized carbons (Fsp3) is 0.273. The third kappa shape index (κ3) is 1.39. The van der Waals surface area contributed by atoms with E-state index in [1.807, 2.05) is 0 Å². The molecule has 1 aromatic carbocycles. The van der Waals surface area contributed by atoms with Crippen LogP contribution in [0.4, 0.5) is 0 Å². The van der Waals surface area contributed by atoms with E-state index in [0.29, 0.717) is 0 Å². The monoisotopic (exact) mass is 237 g/mol. The summed E-state index contributed by atoms with van der Waals surface area (Å²) in [5.41, 5.74) is 3.90. The molecule has 2 aromatic rings. The van der Waals surface area contributed by atoms with E-state index in [9.17, 15) is 0 Å². The summed E-state index contributed by atoms with van der Waals surface area (Å²) in [7, 11) is 0. The van der Waals surface area contributed by atoms with E-state index in [0.717, 1.165) is 6.42 Å². The number of rotatable bonds is 1. The lowest BCUT2D eigenvalue weighted by molar-refractivity contribution is 1.15. The van der Waals surface area contributed by atoms with Gasteiger partial charge in [-0.05, 0) is 36.6 Å². The van der Waals surface area contributed by atoms with Crippen molar-refractivity contribution in [3.63, 3.8) is 0 Å². The number of nitrogens with one attached hydrogen (secondary N) is 1. The Morgan fingerprint density at radius 2 is 2.15 bits per heavy atom. The zero-order chi connectivity index (χ0) is 9.42. The maximum absolute atomic E-state index is 3.53. The van der Waals surface area contributed by atoms with Gasteiger partial charge in [0.15, 0.2) is 0 Å². The Hall–Kier alpha value is -0.760. The molecule has 0 spiro atoms. The fourth-order valence-corrected chi connectivity index (χ4v) is 1.95. The van der Waals surface area contributed by atoms with Gasteiger partial charge in [0, 0.05) is 21.6 Å². The van der Waals surface area contributed by atoms with Crippen LogP contribution in [-0.4, -0.2) is 4.98 Å². The maximum atomic E-state index is 3.53. The lowest BCUT2D eigenvalue weighted by atomic mass is 10.1. The summed E-state index contributed by atoms with van der Waals surface area (Å²) in [5.74, 6) is 0. The Kier molecular flexibility index (Phi) is 2.16. The average molecular weight is 238 g/mol. The molecule has 0 saturated carbocycles. The lowest BCUT2D eigenvalue weighted by Crippen LogP contribution is -1.79. The summed E-state index contributed by atoms with van der Waals surface area (Å²) in [6.45, 7) is 4.30. The highest BCUT2D eigenvalue weighted by molar-refractivity contribution is 9.10. The summed E-state index contributed by atoms with van der Waals surface area (Å²) in [5, 5.41) is 1.35. The van der Waals surface area contributed by atoms with Gasteiger partial charge >= 0.3 is 0 Å². The van der Waals surface area contributed by atoms with Crippen molar-refractivity contribution >= 4 is 26.8 Å². The van der Waals surface area contributed by atoms with Crippen molar-refractivity contribution in [1.82, 2.24) is 4.98 Å². The zero-order valence-electron chi connectivity index (χ0n) is 7.82. The molecular weight excluding hydrogens is 226 g/mol. The average Bonchev–Trinajstić information content (AvgIpc) is 2.48. The van der Waals surface area contributed by atoms with Crippen LogP contribution in [0.3, 0.4) is 0 Å². The third-order valence-electron chi connectivity index (χ3n) is 2.43. The van der Waals surface area contributed by atoms with Crippen LogP contribution in [0.5, 0.6) is 0 Å². The summed E-state index contributed by atoms with van der Waals surface area (Å²) >= 11 is 3.53. The summed E-state index contributed by atoms with van der Waals surface area (Å²) < 4.78 is 1.17. The Labute approximate surface area is 86.3 Å². The molecule has 0 radical (unpaired) electrons. The van der Waals surface area contributed by atoms with Crippen LogP contribution >= 0.6 is 15.9 Å². The molecule has 0 unspecified atom stereocenters. The summed E-state index contributed by atoms with van der Waals surface area (Å²) in [6.07, 6.45) is 3.18. The molecule has 0 aliphatic rings. The molecule has 0 fully saturated rings. The van der Waals surface area contributed by atoms with Crippen LogP contribution in [0.15, 0.2) is 22.8 Å². The van der Waals surface area contributed by atoms with Crippen LogP contribution in [-0.2, 0) is 6.42 Å². The number of fused-ring (bicyclic) bond motifs is 1. The lowest BCUT2D eigenvalue weighted by Gasteiger charge is -1.99. The topological polar surface area (TPSA) is 15.8 Å². The smallest absolute Gasteiger partial charge is 0.0468 e. The molecular formula is C11H12BrN. The molecule has 0 aliphatic heterocycles. The molecule has 2 heteroatoms. The molecule has 1 heterocycles. The highest BCUT2D eigenvalue weighted by Gasteiger charge is 2.03. The first-order valence-electron chi connectivity index (χ1n) is 4.48. The minimum absolute atomic E-state index is 1.08. The second kappa shape index (κ2) is 3.18. The molecule has 0 aliphatic carbocycles. The minimum atomic E-state index is 1.08. The molecule has 1 aromatic heterocycles. The molecule has 2 rings (SSSR count). The van der Waals surface area contributed by atoms with Crippen molar-refractivity contribution in [2.45, 2.75) is 20.3 Å². The zero-order valence-corrected chi connectivity index (χ0v) is 9.40. The van der Waals surface area contributed by atoms with Crippen molar-refractivity contribution < 1.29 is 0 Å². The first kappa shape index (κ1) is 8.82. The van der Waals surface area contributed by atoms with Crippen LogP contribution in [0.2, 0.25) is 0 Å². The summed E-state index contributed by atoms with van der Waals surface area (Å²) in [6, 6.07) is 4.37. The first-order valence-corrected chi connectivity index (χ1v) is 5.27. The number of aromatic nitrogens is 1. The maximum Gasteiger partial charge on any atom is 0.0468 e. The first-order chi connectivity index (χ1) is 6.22. The minimum Gasteiger partial charge on any atom is -0.361 e. The van der Waals surface area contributed by atoms with Crippen molar-refractivity contribution in [2.75, 3.05) is 0 Å². The molecule has 1 N–H and O–H groups in total. The second-order valence-corrected chi connectivity index (χ2v) is 4.17. The van der Waals surface area contributed by atoms with Gasteiger partial charge in [-0.1, -0.05) is 22.9 Å². The number of H-pyrrole nitrogens is 1. The third-order valence-corrected chi connectivity index (χ3v) is 3.28. The quantitative estimate of drug-likeness (QED) is 0.777. The number of aryl methyl sites for hydroxylation is 2. The number of halogens is 1. The predicted molar refractivity (Wildman–Crippen MR) is 60.1 cm³/mol. The van der Waals surface area contributed by atoms with Gasteiger partial charge in [-0.15, -0.1) is 0 Å². The highest BCUT2D eigenvalue weighted by atomic mass is 79.9. The number of aromatic amines is 1. The van der Waals surface area contributed by atoms with Crippen molar-refractivity contribution in [3.05, 3.63) is 33.9 Å². The van der Waals surface area contributed by atoms with E-state index >= 15 is 0 Å². The van der Waals surface area contributed by atoms with Crippen LogP contribution < -0.4 is 0 Å². The summed E-state index contributed by atoms with van der Waals surface area (Å²) in [4.78, 5) is 3.28. The van der Waals surface area contributed by atoms with Gasteiger partial charge < -0.3 is 4.98 Å². The van der Waals surface area contributed by atoms with Crippen molar-refractivity contribution in [1.29, 1.82) is 0 Å². The fourth-order valence-electron chi connectivity index (χ4n) is 1.60. The molecule has 0 amide bonds. The van der Waals surface area contributed by atoms with Gasteiger partial charge in [-0.3, -0.25) is 0 Å². The van der Waals surface area contributed by atoms with Crippen LogP contribution in [0, 0.1) is 6.92 Å². The standard InChI is InChI=1S/C11H12BrN/c1-3-8-6-13-11-5-10(12)7(2)4-9(8)11/h4-6,13H,3H2,1-2H3. The Morgan fingerprint density at radius 3 is 2.85 bits per heavy atom. The van der Waals surface area contributed by atoms with Crippen molar-refractivity contribution in [3.8, 4) is 0 Å². The Balaban J connectivity index is 2.77. The number of hydrogen-bond acceptors (Lipinski definition) is 0. The van der Waals surface area contributed by atoms with Crippen LogP contribution in [0.25, 0.3) is 10.9 Å². The Bertz CT molecular complexity index is 443. The van der Waals surface area contributed by atoms with Crippen molar-refractivity contribution in [2.24, 2.45) is 0 Å². The van der Waals surface area contributed by atoms with E-state index in [1.54, 1.807) is 0 Å². The normalized spacial score (nSPS) is 11.0. The molecule has 0 atom stereocenters. The molecule has 13 heavy (non-hydrogen) atoms. The van der Waals surface area contributed by atoms with Crippen LogP contribution in [0.1, 0.15) is 18.1 Å². The predicted octanol–water partition coefficient (Wildman–Crippen LogP) is 3.80. The SMILES string of the molecule is CCc1c[nH]c2cc(Br)c(C)cc12. The van der Waals surface area contributed by atoms with E-state index in [2.05, 4.69) is 53.1 Å².